The van der Waals surface area contributed by atoms with Crippen molar-refractivity contribution in [2.75, 3.05) is 12.1 Å². The van der Waals surface area contributed by atoms with Crippen LogP contribution in [-0.4, -0.2) is 17.8 Å². The number of nitrogens with zero attached hydrogens (tertiary/aromatic N) is 3. The molecule has 1 atom stereocenters. The van der Waals surface area contributed by atoms with Crippen LogP contribution < -0.4 is 9.75 Å². The second-order valence-corrected chi connectivity index (χ2v) is 10.7. The maximum Gasteiger partial charge on any atom is 0.118 e. The second kappa shape index (κ2) is 11.8. The Hall–Kier alpha value is -5.48. The summed E-state index contributed by atoms with van der Waals surface area (Å²) < 4.78 is 5.37. The van der Waals surface area contributed by atoms with E-state index in [2.05, 4.69) is 132 Å². The van der Waals surface area contributed by atoms with E-state index in [1.165, 1.54) is 5.56 Å². The molecule has 6 aromatic rings. The van der Waals surface area contributed by atoms with Crippen molar-refractivity contribution in [3.8, 4) is 39.4 Å². The van der Waals surface area contributed by atoms with Crippen molar-refractivity contribution in [2.24, 2.45) is 5.10 Å². The number of benzene rings is 5. The standard InChI is InChI=1S/C39H31N3O/c1-43-35-23-19-31(20-24-35)38-27-39(32-15-9-4-10-16-32)42(41-38)34-21-17-28(18-22-34)33-25-36(29-11-5-2-6-12-29)40-37(26-33)30-13-7-3-8-14-30/h2-26,39H,27H2,1H3/t39-/m1/s1. The summed E-state index contributed by atoms with van der Waals surface area (Å²) in [6, 6.07) is 52.7. The third-order valence-electron chi connectivity index (χ3n) is 7.95. The van der Waals surface area contributed by atoms with E-state index in [-0.39, 0.29) is 6.04 Å². The highest BCUT2D eigenvalue weighted by atomic mass is 16.5. The lowest BCUT2D eigenvalue weighted by Gasteiger charge is -2.24. The smallest absolute Gasteiger partial charge is 0.118 e. The van der Waals surface area contributed by atoms with Gasteiger partial charge in [-0.3, -0.25) is 5.01 Å². The van der Waals surface area contributed by atoms with Crippen molar-refractivity contribution in [3.05, 3.63) is 163 Å². The number of anilines is 1. The van der Waals surface area contributed by atoms with Gasteiger partial charge in [0.25, 0.3) is 0 Å². The lowest BCUT2D eigenvalue weighted by Crippen LogP contribution is -2.18. The highest BCUT2D eigenvalue weighted by Crippen LogP contribution is 2.38. The minimum atomic E-state index is 0.111. The van der Waals surface area contributed by atoms with Gasteiger partial charge in [-0.05, 0) is 70.8 Å². The van der Waals surface area contributed by atoms with E-state index in [9.17, 15) is 0 Å². The van der Waals surface area contributed by atoms with Crippen molar-refractivity contribution in [2.45, 2.75) is 12.5 Å². The fourth-order valence-corrected chi connectivity index (χ4v) is 5.66. The van der Waals surface area contributed by atoms with Crippen LogP contribution in [0.4, 0.5) is 5.69 Å². The van der Waals surface area contributed by atoms with E-state index < -0.39 is 0 Å². The maximum absolute atomic E-state index is 5.37. The van der Waals surface area contributed by atoms with E-state index in [1.54, 1.807) is 7.11 Å². The molecule has 5 aromatic carbocycles. The third kappa shape index (κ3) is 5.55. The Morgan fingerprint density at radius 1 is 0.558 bits per heavy atom. The van der Waals surface area contributed by atoms with E-state index in [1.807, 2.05) is 24.3 Å². The lowest BCUT2D eigenvalue weighted by molar-refractivity contribution is 0.415. The van der Waals surface area contributed by atoms with Crippen LogP contribution in [0.2, 0.25) is 0 Å². The Morgan fingerprint density at radius 3 is 1.65 bits per heavy atom. The van der Waals surface area contributed by atoms with Crippen molar-refractivity contribution in [1.82, 2.24) is 4.98 Å². The number of pyridine rings is 1. The summed E-state index contributed by atoms with van der Waals surface area (Å²) in [7, 11) is 1.69. The predicted octanol–water partition coefficient (Wildman–Crippen LogP) is 9.45. The molecule has 4 heteroatoms. The molecule has 0 aliphatic carbocycles. The van der Waals surface area contributed by atoms with Crippen LogP contribution in [0.1, 0.15) is 23.6 Å². The molecule has 2 heterocycles. The number of hydrogen-bond acceptors (Lipinski definition) is 4. The molecule has 0 fully saturated rings. The SMILES string of the molecule is COc1ccc(C2=NN(c3ccc(-c4cc(-c5ccccc5)nc(-c5ccccc5)c4)cc3)[C@@H](c3ccccc3)C2)cc1. The zero-order valence-corrected chi connectivity index (χ0v) is 24.0. The summed E-state index contributed by atoms with van der Waals surface area (Å²) in [5.74, 6) is 0.844. The van der Waals surface area contributed by atoms with Crippen molar-refractivity contribution >= 4 is 11.4 Å². The normalized spacial score (nSPS) is 14.4. The van der Waals surface area contributed by atoms with Gasteiger partial charge in [-0.2, -0.15) is 5.10 Å². The zero-order valence-electron chi connectivity index (χ0n) is 24.0. The fraction of sp³-hybridized carbons (Fsp3) is 0.0769. The number of rotatable bonds is 7. The van der Waals surface area contributed by atoms with Gasteiger partial charge >= 0.3 is 0 Å². The summed E-state index contributed by atoms with van der Waals surface area (Å²) in [5, 5.41) is 7.31. The van der Waals surface area contributed by atoms with Crippen LogP contribution in [0.5, 0.6) is 5.75 Å². The Balaban J connectivity index is 1.26. The number of ether oxygens (including phenoxy) is 1. The highest BCUT2D eigenvalue weighted by molar-refractivity contribution is 6.03. The average Bonchev–Trinajstić information content (AvgIpc) is 3.55. The van der Waals surface area contributed by atoms with Crippen LogP contribution >= 0.6 is 0 Å². The van der Waals surface area contributed by atoms with Crippen LogP contribution in [0.15, 0.2) is 157 Å². The molecule has 43 heavy (non-hydrogen) atoms. The van der Waals surface area contributed by atoms with Crippen LogP contribution in [0.25, 0.3) is 33.6 Å². The van der Waals surface area contributed by atoms with Crippen LogP contribution in [0.3, 0.4) is 0 Å². The summed E-state index contributed by atoms with van der Waals surface area (Å²) in [5.41, 5.74) is 10.8. The summed E-state index contributed by atoms with van der Waals surface area (Å²) in [6.07, 6.45) is 0.823. The molecular weight excluding hydrogens is 526 g/mol. The van der Waals surface area contributed by atoms with Gasteiger partial charge in [-0.25, -0.2) is 4.98 Å². The first kappa shape index (κ1) is 26.4. The maximum atomic E-state index is 5.37. The first-order valence-corrected chi connectivity index (χ1v) is 14.5. The summed E-state index contributed by atoms with van der Waals surface area (Å²) in [6.45, 7) is 0. The molecule has 0 unspecified atom stereocenters. The van der Waals surface area contributed by atoms with Crippen molar-refractivity contribution in [1.29, 1.82) is 0 Å². The second-order valence-electron chi connectivity index (χ2n) is 10.7. The number of hydrogen-bond donors (Lipinski definition) is 0. The predicted molar refractivity (Wildman–Crippen MR) is 176 cm³/mol. The molecule has 0 spiro atoms. The van der Waals surface area contributed by atoms with Gasteiger partial charge in [0.15, 0.2) is 0 Å². The van der Waals surface area contributed by atoms with Gasteiger partial charge in [-0.15, -0.1) is 0 Å². The molecule has 0 amide bonds. The van der Waals surface area contributed by atoms with Gasteiger partial charge in [0.1, 0.15) is 5.75 Å². The molecule has 1 aliphatic rings. The topological polar surface area (TPSA) is 37.7 Å². The highest BCUT2D eigenvalue weighted by Gasteiger charge is 2.30. The summed E-state index contributed by atoms with van der Waals surface area (Å²) >= 11 is 0. The molecule has 4 nitrogen and oxygen atoms in total. The lowest BCUT2D eigenvalue weighted by atomic mass is 9.97. The van der Waals surface area contributed by atoms with E-state index in [0.29, 0.717) is 0 Å². The van der Waals surface area contributed by atoms with Gasteiger partial charge in [0, 0.05) is 17.5 Å². The minimum Gasteiger partial charge on any atom is -0.497 e. The quantitative estimate of drug-likeness (QED) is 0.196. The largest absolute Gasteiger partial charge is 0.497 e. The molecular formula is C39H31N3O. The molecule has 0 bridgehead atoms. The fourth-order valence-electron chi connectivity index (χ4n) is 5.66. The number of hydrazone groups is 1. The van der Waals surface area contributed by atoms with Gasteiger partial charge in [-0.1, -0.05) is 103 Å². The van der Waals surface area contributed by atoms with E-state index in [4.69, 9.17) is 14.8 Å². The molecule has 0 radical (unpaired) electrons. The van der Waals surface area contributed by atoms with Gasteiger partial charge in [0.05, 0.1) is 35.9 Å². The zero-order chi connectivity index (χ0) is 29.0. The Morgan fingerprint density at radius 2 is 1.09 bits per heavy atom. The molecule has 0 saturated carbocycles. The monoisotopic (exact) mass is 557 g/mol. The van der Waals surface area contributed by atoms with E-state index in [0.717, 1.165) is 62.8 Å². The Bertz CT molecular complexity index is 1790. The molecule has 0 N–H and O–H groups in total. The number of aromatic nitrogens is 1. The molecule has 1 aromatic heterocycles. The van der Waals surface area contributed by atoms with Crippen molar-refractivity contribution in [3.63, 3.8) is 0 Å². The van der Waals surface area contributed by atoms with Crippen LogP contribution in [-0.2, 0) is 0 Å². The molecule has 1 aliphatic heterocycles. The summed E-state index contributed by atoms with van der Waals surface area (Å²) in [4.78, 5) is 5.04. The van der Waals surface area contributed by atoms with Gasteiger partial charge in [0.2, 0.25) is 0 Å². The third-order valence-corrected chi connectivity index (χ3v) is 7.95. The first-order valence-electron chi connectivity index (χ1n) is 14.5. The average molecular weight is 558 g/mol. The molecule has 208 valence electrons. The van der Waals surface area contributed by atoms with Crippen molar-refractivity contribution < 1.29 is 4.74 Å². The minimum absolute atomic E-state index is 0.111. The number of methoxy groups -OCH3 is 1. The van der Waals surface area contributed by atoms with Gasteiger partial charge < -0.3 is 4.74 Å². The first-order chi connectivity index (χ1) is 21.2. The molecule has 7 rings (SSSR count). The van der Waals surface area contributed by atoms with E-state index >= 15 is 0 Å². The Labute approximate surface area is 252 Å². The Kier molecular flexibility index (Phi) is 7.24. The molecule has 0 saturated heterocycles. The van der Waals surface area contributed by atoms with Crippen LogP contribution in [0, 0.1) is 0 Å².